The summed E-state index contributed by atoms with van der Waals surface area (Å²) in [6.07, 6.45) is 1.42. The van der Waals surface area contributed by atoms with Gasteiger partial charge in [0, 0.05) is 10.6 Å². The van der Waals surface area contributed by atoms with E-state index in [2.05, 4.69) is 17.2 Å². The molecule has 0 saturated heterocycles. The predicted molar refractivity (Wildman–Crippen MR) is 72.1 cm³/mol. The number of furan rings is 1. The standard InChI is InChI=1S/C14H10ClNO3/c15-11-5-6-12(10(9-11)3-1-7-17)16-14(18)13-4-2-8-19-13/h2,4-6,8-9,17H,7H2,(H,16,18). The highest BCUT2D eigenvalue weighted by Crippen LogP contribution is 2.20. The van der Waals surface area contributed by atoms with Gasteiger partial charge in [0.2, 0.25) is 0 Å². The number of nitrogens with one attached hydrogen (secondary N) is 1. The Hall–Kier alpha value is -2.22. The minimum atomic E-state index is -0.376. The Labute approximate surface area is 115 Å². The van der Waals surface area contributed by atoms with Crippen LogP contribution in [0.3, 0.4) is 0 Å². The van der Waals surface area contributed by atoms with Gasteiger partial charge in [-0.15, -0.1) is 0 Å². The van der Waals surface area contributed by atoms with Crippen molar-refractivity contribution in [1.29, 1.82) is 0 Å². The van der Waals surface area contributed by atoms with E-state index in [-0.39, 0.29) is 18.3 Å². The van der Waals surface area contributed by atoms with Gasteiger partial charge in [0.15, 0.2) is 5.76 Å². The lowest BCUT2D eigenvalue weighted by atomic mass is 10.1. The summed E-state index contributed by atoms with van der Waals surface area (Å²) in [6, 6.07) is 8.09. The molecule has 0 fully saturated rings. The number of amides is 1. The Kier molecular flexibility index (Phi) is 4.24. The van der Waals surface area contributed by atoms with E-state index in [1.54, 1.807) is 30.3 Å². The summed E-state index contributed by atoms with van der Waals surface area (Å²) in [7, 11) is 0. The van der Waals surface area contributed by atoms with E-state index >= 15 is 0 Å². The molecule has 1 aromatic heterocycles. The molecule has 2 N–H and O–H groups in total. The average Bonchev–Trinajstić information content (AvgIpc) is 2.93. The first-order valence-corrected chi connectivity index (χ1v) is 5.82. The van der Waals surface area contributed by atoms with Crippen molar-refractivity contribution >= 4 is 23.2 Å². The molecule has 0 saturated carbocycles. The van der Waals surface area contributed by atoms with Crippen LogP contribution in [0.1, 0.15) is 16.1 Å². The predicted octanol–water partition coefficient (Wildman–Crippen LogP) is 2.53. The SMILES string of the molecule is O=C(Nc1ccc(Cl)cc1C#CCO)c1ccco1. The number of rotatable bonds is 2. The topological polar surface area (TPSA) is 62.5 Å². The Morgan fingerprint density at radius 2 is 2.26 bits per heavy atom. The third-order valence-electron chi connectivity index (χ3n) is 2.28. The number of anilines is 1. The average molecular weight is 276 g/mol. The highest BCUT2D eigenvalue weighted by molar-refractivity contribution is 6.30. The number of carbonyl (C=O) groups is 1. The Morgan fingerprint density at radius 3 is 2.95 bits per heavy atom. The van der Waals surface area contributed by atoms with Gasteiger partial charge in [-0.05, 0) is 30.3 Å². The lowest BCUT2D eigenvalue weighted by Crippen LogP contribution is -2.11. The van der Waals surface area contributed by atoms with E-state index in [1.807, 2.05) is 0 Å². The van der Waals surface area contributed by atoms with Gasteiger partial charge < -0.3 is 14.8 Å². The minimum absolute atomic E-state index is 0.205. The smallest absolute Gasteiger partial charge is 0.291 e. The van der Waals surface area contributed by atoms with Crippen LogP contribution in [0.5, 0.6) is 0 Å². The molecule has 2 rings (SSSR count). The number of carbonyl (C=O) groups excluding carboxylic acids is 1. The quantitative estimate of drug-likeness (QED) is 0.828. The Bertz CT molecular complexity index is 638. The van der Waals surface area contributed by atoms with Gasteiger partial charge in [-0.1, -0.05) is 23.4 Å². The summed E-state index contributed by atoms with van der Waals surface area (Å²) < 4.78 is 5.00. The van der Waals surface area contributed by atoms with Crippen molar-refractivity contribution < 1.29 is 14.3 Å². The van der Waals surface area contributed by atoms with E-state index in [0.29, 0.717) is 16.3 Å². The van der Waals surface area contributed by atoms with E-state index in [9.17, 15) is 4.79 Å². The van der Waals surface area contributed by atoms with E-state index < -0.39 is 0 Å². The molecule has 4 nitrogen and oxygen atoms in total. The molecule has 0 radical (unpaired) electrons. The highest BCUT2D eigenvalue weighted by atomic mass is 35.5. The summed E-state index contributed by atoms with van der Waals surface area (Å²) in [5.41, 5.74) is 1.04. The monoisotopic (exact) mass is 275 g/mol. The van der Waals surface area contributed by atoms with Gasteiger partial charge in [-0.2, -0.15) is 0 Å². The summed E-state index contributed by atoms with van der Waals surface area (Å²) in [5, 5.41) is 11.9. The van der Waals surface area contributed by atoms with Crippen LogP contribution in [-0.2, 0) is 0 Å². The van der Waals surface area contributed by atoms with Gasteiger partial charge in [0.1, 0.15) is 6.61 Å². The highest BCUT2D eigenvalue weighted by Gasteiger charge is 2.10. The molecule has 0 unspecified atom stereocenters. The molecule has 1 aromatic carbocycles. The first-order valence-electron chi connectivity index (χ1n) is 5.45. The number of halogens is 1. The van der Waals surface area contributed by atoms with E-state index in [1.165, 1.54) is 6.26 Å². The molecule has 1 heterocycles. The maximum Gasteiger partial charge on any atom is 0.291 e. The van der Waals surface area contributed by atoms with Crippen LogP contribution in [0, 0.1) is 11.8 Å². The molecule has 0 aliphatic heterocycles. The molecule has 0 atom stereocenters. The Balaban J connectivity index is 2.27. The first kappa shape index (κ1) is 13.2. The number of benzene rings is 1. The van der Waals surface area contributed by atoms with Gasteiger partial charge in [-0.25, -0.2) is 0 Å². The summed E-state index contributed by atoms with van der Waals surface area (Å²) in [4.78, 5) is 11.9. The summed E-state index contributed by atoms with van der Waals surface area (Å²) in [6.45, 7) is -0.266. The molecular formula is C14H10ClNO3. The minimum Gasteiger partial charge on any atom is -0.459 e. The number of aliphatic hydroxyl groups is 1. The number of aliphatic hydroxyl groups excluding tert-OH is 1. The summed E-state index contributed by atoms with van der Waals surface area (Å²) >= 11 is 5.87. The van der Waals surface area contributed by atoms with Gasteiger partial charge >= 0.3 is 0 Å². The second kappa shape index (κ2) is 6.10. The number of hydrogen-bond acceptors (Lipinski definition) is 3. The molecule has 0 spiro atoms. The van der Waals surface area contributed by atoms with Crippen LogP contribution in [0.15, 0.2) is 41.0 Å². The third-order valence-corrected chi connectivity index (χ3v) is 2.51. The zero-order valence-electron chi connectivity index (χ0n) is 9.81. The maximum atomic E-state index is 11.9. The zero-order valence-corrected chi connectivity index (χ0v) is 10.6. The molecule has 5 heteroatoms. The van der Waals surface area contributed by atoms with Gasteiger partial charge in [0.05, 0.1) is 12.0 Å². The van der Waals surface area contributed by atoms with Crippen LogP contribution >= 0.6 is 11.6 Å². The lowest BCUT2D eigenvalue weighted by molar-refractivity contribution is 0.0996. The fourth-order valence-corrected chi connectivity index (χ4v) is 1.63. The van der Waals surface area contributed by atoms with E-state index in [4.69, 9.17) is 21.1 Å². The molecule has 2 aromatic rings. The molecule has 0 aliphatic carbocycles. The molecule has 0 bridgehead atoms. The van der Waals surface area contributed by atoms with Crippen molar-refractivity contribution in [1.82, 2.24) is 0 Å². The second-order valence-electron chi connectivity index (χ2n) is 3.58. The van der Waals surface area contributed by atoms with Crippen molar-refractivity contribution in [2.24, 2.45) is 0 Å². The van der Waals surface area contributed by atoms with Gasteiger partial charge in [-0.3, -0.25) is 4.79 Å². The number of hydrogen-bond donors (Lipinski definition) is 2. The Morgan fingerprint density at radius 1 is 1.42 bits per heavy atom. The van der Waals surface area contributed by atoms with Crippen LogP contribution < -0.4 is 5.32 Å². The molecule has 19 heavy (non-hydrogen) atoms. The zero-order chi connectivity index (χ0) is 13.7. The fourth-order valence-electron chi connectivity index (χ4n) is 1.46. The van der Waals surface area contributed by atoms with Crippen LogP contribution in [0.4, 0.5) is 5.69 Å². The normalized spacial score (nSPS) is 9.58. The van der Waals surface area contributed by atoms with Crippen molar-refractivity contribution in [3.63, 3.8) is 0 Å². The molecule has 0 aliphatic rings. The van der Waals surface area contributed by atoms with Crippen molar-refractivity contribution in [2.75, 3.05) is 11.9 Å². The summed E-state index contributed by atoms with van der Waals surface area (Å²) in [5.74, 6) is 5.07. The van der Waals surface area contributed by atoms with Crippen LogP contribution in [0.2, 0.25) is 5.02 Å². The van der Waals surface area contributed by atoms with Crippen LogP contribution in [-0.4, -0.2) is 17.6 Å². The molecule has 96 valence electrons. The second-order valence-corrected chi connectivity index (χ2v) is 4.02. The van der Waals surface area contributed by atoms with Crippen molar-refractivity contribution in [2.45, 2.75) is 0 Å². The fraction of sp³-hybridized carbons (Fsp3) is 0.0714. The van der Waals surface area contributed by atoms with Crippen LogP contribution in [0.25, 0.3) is 0 Å². The van der Waals surface area contributed by atoms with E-state index in [0.717, 1.165) is 0 Å². The third kappa shape index (κ3) is 3.38. The van der Waals surface area contributed by atoms with Crippen molar-refractivity contribution in [3.8, 4) is 11.8 Å². The first-order chi connectivity index (χ1) is 9.20. The van der Waals surface area contributed by atoms with Crippen molar-refractivity contribution in [3.05, 3.63) is 52.9 Å². The molecular weight excluding hydrogens is 266 g/mol. The molecule has 1 amide bonds. The lowest BCUT2D eigenvalue weighted by Gasteiger charge is -2.06. The largest absolute Gasteiger partial charge is 0.459 e. The van der Waals surface area contributed by atoms with Gasteiger partial charge in [0.25, 0.3) is 5.91 Å². The maximum absolute atomic E-state index is 11.9.